The highest BCUT2D eigenvalue weighted by atomic mass is 16.5. The standard InChI is InChI=1S/C18H33N3O4/c1-4-19-18(21-12-14(2)16(13-21)17(22)23-3)20-8-5-9-25-15-6-10-24-11-7-15/h14-16H,4-13H2,1-3H3,(H,19,20). The fraction of sp³-hybridized carbons (Fsp3) is 0.889. The maximum absolute atomic E-state index is 11.9. The molecule has 0 aromatic rings. The minimum absolute atomic E-state index is 0.0780. The number of carbonyl (C=O) groups excluding carboxylic acids is 1. The van der Waals surface area contributed by atoms with Crippen LogP contribution in [0.4, 0.5) is 0 Å². The van der Waals surface area contributed by atoms with Crippen LogP contribution >= 0.6 is 0 Å². The number of nitrogens with one attached hydrogen (secondary N) is 1. The molecule has 0 radical (unpaired) electrons. The molecule has 0 aromatic heterocycles. The van der Waals surface area contributed by atoms with Gasteiger partial charge >= 0.3 is 5.97 Å². The fourth-order valence-electron chi connectivity index (χ4n) is 3.37. The van der Waals surface area contributed by atoms with E-state index < -0.39 is 0 Å². The van der Waals surface area contributed by atoms with Gasteiger partial charge in [-0.05, 0) is 32.1 Å². The predicted molar refractivity (Wildman–Crippen MR) is 96.6 cm³/mol. The molecule has 7 heteroatoms. The second-order valence-corrected chi connectivity index (χ2v) is 6.78. The lowest BCUT2D eigenvalue weighted by Crippen LogP contribution is -2.40. The molecule has 2 aliphatic rings. The third kappa shape index (κ3) is 6.15. The number of esters is 1. The predicted octanol–water partition coefficient (Wildman–Crippen LogP) is 1.28. The van der Waals surface area contributed by atoms with E-state index in [0.717, 1.165) is 64.7 Å². The quantitative estimate of drug-likeness (QED) is 0.321. The van der Waals surface area contributed by atoms with Crippen molar-refractivity contribution >= 4 is 11.9 Å². The van der Waals surface area contributed by atoms with Crippen LogP contribution in [0.2, 0.25) is 0 Å². The molecule has 2 aliphatic heterocycles. The fourth-order valence-corrected chi connectivity index (χ4v) is 3.37. The van der Waals surface area contributed by atoms with Crippen LogP contribution in [0.25, 0.3) is 0 Å². The first-order chi connectivity index (χ1) is 12.2. The van der Waals surface area contributed by atoms with Gasteiger partial charge in [0.15, 0.2) is 5.96 Å². The Labute approximate surface area is 151 Å². The third-order valence-corrected chi connectivity index (χ3v) is 4.84. The summed E-state index contributed by atoms with van der Waals surface area (Å²) in [5.41, 5.74) is 0. The van der Waals surface area contributed by atoms with Gasteiger partial charge in [0.1, 0.15) is 0 Å². The largest absolute Gasteiger partial charge is 0.469 e. The van der Waals surface area contributed by atoms with Gasteiger partial charge in [-0.1, -0.05) is 6.92 Å². The first kappa shape index (κ1) is 20.0. The number of hydrogen-bond donors (Lipinski definition) is 1. The molecule has 2 atom stereocenters. The van der Waals surface area contributed by atoms with Crippen molar-refractivity contribution in [3.05, 3.63) is 0 Å². The molecule has 1 N–H and O–H groups in total. The molecule has 144 valence electrons. The summed E-state index contributed by atoms with van der Waals surface area (Å²) >= 11 is 0. The van der Waals surface area contributed by atoms with E-state index in [2.05, 4.69) is 24.1 Å². The van der Waals surface area contributed by atoms with Gasteiger partial charge in [-0.15, -0.1) is 0 Å². The van der Waals surface area contributed by atoms with E-state index in [1.807, 2.05) is 0 Å². The average Bonchev–Trinajstić information content (AvgIpc) is 3.02. The van der Waals surface area contributed by atoms with Crippen molar-refractivity contribution in [2.45, 2.75) is 39.2 Å². The number of hydrogen-bond acceptors (Lipinski definition) is 5. The molecule has 0 saturated carbocycles. The monoisotopic (exact) mass is 355 g/mol. The smallest absolute Gasteiger partial charge is 0.310 e. The van der Waals surface area contributed by atoms with Gasteiger partial charge in [0, 0.05) is 46.0 Å². The Morgan fingerprint density at radius 3 is 2.76 bits per heavy atom. The van der Waals surface area contributed by atoms with Gasteiger partial charge < -0.3 is 24.4 Å². The van der Waals surface area contributed by atoms with Crippen molar-refractivity contribution in [1.82, 2.24) is 10.2 Å². The summed E-state index contributed by atoms with van der Waals surface area (Å²) in [6, 6.07) is 0. The highest BCUT2D eigenvalue weighted by Gasteiger charge is 2.36. The summed E-state index contributed by atoms with van der Waals surface area (Å²) in [7, 11) is 1.45. The lowest BCUT2D eigenvalue weighted by Gasteiger charge is -2.23. The number of likely N-dealkylation sites (tertiary alicyclic amines) is 1. The average molecular weight is 355 g/mol. The first-order valence-corrected chi connectivity index (χ1v) is 9.46. The summed E-state index contributed by atoms with van der Waals surface area (Å²) in [6.07, 6.45) is 3.22. The molecule has 2 fully saturated rings. The van der Waals surface area contributed by atoms with Crippen LogP contribution in [0.3, 0.4) is 0 Å². The van der Waals surface area contributed by atoms with E-state index >= 15 is 0 Å². The van der Waals surface area contributed by atoms with Gasteiger partial charge in [-0.2, -0.15) is 0 Å². The molecule has 0 aliphatic carbocycles. The molecule has 0 aromatic carbocycles. The number of aliphatic imine (C=N–C) groups is 1. The number of ether oxygens (including phenoxy) is 3. The van der Waals surface area contributed by atoms with Crippen molar-refractivity contribution in [2.24, 2.45) is 16.8 Å². The molecule has 7 nitrogen and oxygen atoms in total. The van der Waals surface area contributed by atoms with Crippen LogP contribution in [0.5, 0.6) is 0 Å². The summed E-state index contributed by atoms with van der Waals surface area (Å²) in [5, 5.41) is 3.33. The Bertz CT molecular complexity index is 438. The number of methoxy groups -OCH3 is 1. The second-order valence-electron chi connectivity index (χ2n) is 6.78. The van der Waals surface area contributed by atoms with Crippen LogP contribution in [0.1, 0.15) is 33.1 Å². The highest BCUT2D eigenvalue weighted by Crippen LogP contribution is 2.24. The van der Waals surface area contributed by atoms with E-state index in [4.69, 9.17) is 19.2 Å². The topological polar surface area (TPSA) is 72.4 Å². The lowest BCUT2D eigenvalue weighted by molar-refractivity contribution is -0.145. The number of rotatable bonds is 7. The number of guanidine groups is 1. The first-order valence-electron chi connectivity index (χ1n) is 9.46. The Kier molecular flexibility index (Phi) is 8.48. The molecular formula is C18H33N3O4. The van der Waals surface area contributed by atoms with Crippen LogP contribution in [0.15, 0.2) is 4.99 Å². The molecular weight excluding hydrogens is 322 g/mol. The van der Waals surface area contributed by atoms with Gasteiger partial charge in [0.2, 0.25) is 0 Å². The number of nitrogens with zero attached hydrogens (tertiary/aromatic N) is 2. The summed E-state index contributed by atoms with van der Waals surface area (Å²) < 4.78 is 16.1. The maximum atomic E-state index is 11.9. The number of carbonyl (C=O) groups is 1. The second kappa shape index (κ2) is 10.6. The normalized spacial score (nSPS) is 25.2. The summed E-state index contributed by atoms with van der Waals surface area (Å²) in [6.45, 7) is 9.51. The van der Waals surface area contributed by atoms with E-state index in [1.165, 1.54) is 7.11 Å². The Balaban J connectivity index is 1.77. The summed E-state index contributed by atoms with van der Waals surface area (Å²) in [4.78, 5) is 18.7. The lowest BCUT2D eigenvalue weighted by atomic mass is 9.99. The molecule has 2 unspecified atom stereocenters. The maximum Gasteiger partial charge on any atom is 0.310 e. The molecule has 0 amide bonds. The molecule has 0 bridgehead atoms. The Hall–Kier alpha value is -1.34. The summed E-state index contributed by atoms with van der Waals surface area (Å²) in [5.74, 6) is 0.946. The van der Waals surface area contributed by atoms with E-state index in [-0.39, 0.29) is 17.8 Å². The van der Waals surface area contributed by atoms with Crippen LogP contribution in [-0.2, 0) is 19.0 Å². The van der Waals surface area contributed by atoms with Crippen molar-refractivity contribution in [1.29, 1.82) is 0 Å². The third-order valence-electron chi connectivity index (χ3n) is 4.84. The van der Waals surface area contributed by atoms with E-state index in [0.29, 0.717) is 12.6 Å². The SMILES string of the molecule is CCNC(=NCCCOC1CCOCC1)N1CC(C)C(C(=O)OC)C1. The van der Waals surface area contributed by atoms with Gasteiger partial charge in [0.05, 0.1) is 19.1 Å². The molecule has 2 rings (SSSR count). The Morgan fingerprint density at radius 1 is 1.32 bits per heavy atom. The van der Waals surface area contributed by atoms with Crippen molar-refractivity contribution < 1.29 is 19.0 Å². The zero-order valence-corrected chi connectivity index (χ0v) is 15.8. The van der Waals surface area contributed by atoms with Crippen LogP contribution < -0.4 is 5.32 Å². The van der Waals surface area contributed by atoms with E-state index in [1.54, 1.807) is 0 Å². The highest BCUT2D eigenvalue weighted by molar-refractivity contribution is 5.82. The Morgan fingerprint density at radius 2 is 2.08 bits per heavy atom. The molecule has 25 heavy (non-hydrogen) atoms. The minimum atomic E-state index is -0.129. The van der Waals surface area contributed by atoms with Crippen LogP contribution in [0, 0.1) is 11.8 Å². The molecule has 2 saturated heterocycles. The van der Waals surface area contributed by atoms with Crippen molar-refractivity contribution in [3.8, 4) is 0 Å². The molecule has 2 heterocycles. The molecule has 0 spiro atoms. The van der Waals surface area contributed by atoms with Gasteiger partial charge in [-0.25, -0.2) is 0 Å². The van der Waals surface area contributed by atoms with Crippen LogP contribution in [-0.4, -0.2) is 76.0 Å². The zero-order valence-electron chi connectivity index (χ0n) is 15.8. The van der Waals surface area contributed by atoms with Gasteiger partial charge in [0.25, 0.3) is 0 Å². The van der Waals surface area contributed by atoms with E-state index in [9.17, 15) is 4.79 Å². The zero-order chi connectivity index (χ0) is 18.1. The van der Waals surface area contributed by atoms with Crippen molar-refractivity contribution in [3.63, 3.8) is 0 Å². The minimum Gasteiger partial charge on any atom is -0.469 e. The van der Waals surface area contributed by atoms with Gasteiger partial charge in [-0.3, -0.25) is 9.79 Å². The van der Waals surface area contributed by atoms with Crippen molar-refractivity contribution in [2.75, 3.05) is 53.1 Å².